The number of carbonyl (C=O) groups excluding carboxylic acids is 1. The summed E-state index contributed by atoms with van der Waals surface area (Å²) in [6.45, 7) is 5.92. The van der Waals surface area contributed by atoms with Crippen molar-refractivity contribution in [1.82, 2.24) is 0 Å². The number of rotatable bonds is 7. The van der Waals surface area contributed by atoms with Crippen molar-refractivity contribution in [2.45, 2.75) is 24.0 Å². The van der Waals surface area contributed by atoms with Gasteiger partial charge in [-0.3, -0.25) is 4.79 Å². The fourth-order valence-corrected chi connectivity index (χ4v) is 4.80. The number of hydrogen-bond donors (Lipinski definition) is 1. The summed E-state index contributed by atoms with van der Waals surface area (Å²) in [5, 5.41) is 2.92. The highest BCUT2D eigenvalue weighted by Gasteiger charge is 2.19. The van der Waals surface area contributed by atoms with Crippen molar-refractivity contribution >= 4 is 35.1 Å². The zero-order valence-corrected chi connectivity index (χ0v) is 13.8. The van der Waals surface area contributed by atoms with E-state index >= 15 is 0 Å². The van der Waals surface area contributed by atoms with Crippen LogP contribution in [-0.4, -0.2) is 30.1 Å². The van der Waals surface area contributed by atoms with Crippen LogP contribution in [0.15, 0.2) is 36.9 Å². The van der Waals surface area contributed by atoms with Crippen molar-refractivity contribution in [1.29, 1.82) is 0 Å². The number of carbonyl (C=O) groups is 1. The van der Waals surface area contributed by atoms with Gasteiger partial charge in [0, 0.05) is 17.2 Å². The normalized spacial score (nSPS) is 16.6. The molecule has 114 valence electrons. The van der Waals surface area contributed by atoms with Crippen molar-refractivity contribution in [3.63, 3.8) is 0 Å². The van der Waals surface area contributed by atoms with Crippen LogP contribution in [0.2, 0.25) is 0 Å². The lowest BCUT2D eigenvalue weighted by atomic mass is 10.2. The Morgan fingerprint density at radius 3 is 3.00 bits per heavy atom. The SMILES string of the molecule is C=CCCOC(C)C(=O)Nc1cccc(C2SCCS2)c1. The van der Waals surface area contributed by atoms with Crippen molar-refractivity contribution in [2.75, 3.05) is 23.4 Å². The van der Waals surface area contributed by atoms with Crippen molar-refractivity contribution in [3.8, 4) is 0 Å². The molecule has 1 N–H and O–H groups in total. The molecule has 1 heterocycles. The van der Waals surface area contributed by atoms with Crippen LogP contribution in [0.3, 0.4) is 0 Å². The number of hydrogen-bond acceptors (Lipinski definition) is 4. The molecule has 1 amide bonds. The van der Waals surface area contributed by atoms with Crippen LogP contribution in [-0.2, 0) is 9.53 Å². The maximum absolute atomic E-state index is 12.1. The third-order valence-corrected chi connectivity index (χ3v) is 6.21. The van der Waals surface area contributed by atoms with E-state index in [-0.39, 0.29) is 5.91 Å². The first kappa shape index (κ1) is 16.5. The van der Waals surface area contributed by atoms with E-state index in [0.717, 1.165) is 12.1 Å². The van der Waals surface area contributed by atoms with Gasteiger partial charge in [0.05, 0.1) is 11.2 Å². The molecule has 2 rings (SSSR count). The number of anilines is 1. The molecule has 1 fully saturated rings. The van der Waals surface area contributed by atoms with Crippen molar-refractivity contribution in [2.24, 2.45) is 0 Å². The number of nitrogens with one attached hydrogen (secondary N) is 1. The largest absolute Gasteiger partial charge is 0.368 e. The Morgan fingerprint density at radius 2 is 2.29 bits per heavy atom. The van der Waals surface area contributed by atoms with Gasteiger partial charge in [-0.25, -0.2) is 0 Å². The first-order valence-corrected chi connectivity index (χ1v) is 9.17. The van der Waals surface area contributed by atoms with Crippen molar-refractivity contribution < 1.29 is 9.53 Å². The Hall–Kier alpha value is -0.910. The van der Waals surface area contributed by atoms with Gasteiger partial charge < -0.3 is 10.1 Å². The Bertz CT molecular complexity index is 487. The Balaban J connectivity index is 1.91. The van der Waals surface area contributed by atoms with Crippen LogP contribution in [0.5, 0.6) is 0 Å². The minimum atomic E-state index is -0.455. The number of thioether (sulfide) groups is 2. The second-order valence-corrected chi connectivity index (χ2v) is 7.50. The van der Waals surface area contributed by atoms with Gasteiger partial charge in [-0.05, 0) is 31.0 Å². The standard InChI is InChI=1S/C16H21NO2S2/c1-3-4-8-19-12(2)15(18)17-14-7-5-6-13(11-14)16-20-9-10-21-16/h3,5-7,11-12,16H,1,4,8-10H2,2H3,(H,17,18). The number of benzene rings is 1. The van der Waals surface area contributed by atoms with E-state index in [1.807, 2.05) is 35.7 Å². The first-order chi connectivity index (χ1) is 10.2. The van der Waals surface area contributed by atoms with Gasteiger partial charge >= 0.3 is 0 Å². The van der Waals surface area contributed by atoms with E-state index in [0.29, 0.717) is 11.2 Å². The summed E-state index contributed by atoms with van der Waals surface area (Å²) in [6.07, 6.45) is 2.08. The molecule has 1 aliphatic heterocycles. The quantitative estimate of drug-likeness (QED) is 0.606. The van der Waals surface area contributed by atoms with Crippen LogP contribution >= 0.6 is 23.5 Å². The van der Waals surface area contributed by atoms with Gasteiger partial charge in [-0.2, -0.15) is 0 Å². The molecule has 0 radical (unpaired) electrons. The van der Waals surface area contributed by atoms with Gasteiger partial charge in [0.25, 0.3) is 5.91 Å². The van der Waals surface area contributed by atoms with E-state index in [4.69, 9.17) is 4.74 Å². The van der Waals surface area contributed by atoms with Gasteiger partial charge in [-0.15, -0.1) is 30.1 Å². The molecular formula is C16H21NO2S2. The van der Waals surface area contributed by atoms with Crippen LogP contribution in [0.4, 0.5) is 5.69 Å². The minimum absolute atomic E-state index is 0.108. The highest BCUT2D eigenvalue weighted by atomic mass is 32.2. The van der Waals surface area contributed by atoms with Gasteiger partial charge in [0.1, 0.15) is 6.10 Å². The summed E-state index contributed by atoms with van der Waals surface area (Å²) in [6, 6.07) is 8.09. The molecule has 1 aromatic carbocycles. The molecule has 1 aromatic rings. The third-order valence-electron chi connectivity index (χ3n) is 3.11. The predicted octanol–water partition coefficient (Wildman–Crippen LogP) is 4.08. The van der Waals surface area contributed by atoms with E-state index in [2.05, 4.69) is 24.0 Å². The first-order valence-electron chi connectivity index (χ1n) is 7.07. The number of amides is 1. The summed E-state index contributed by atoms with van der Waals surface area (Å²) in [7, 11) is 0. The smallest absolute Gasteiger partial charge is 0.253 e. The fraction of sp³-hybridized carbons (Fsp3) is 0.438. The molecule has 0 aromatic heterocycles. The maximum Gasteiger partial charge on any atom is 0.253 e. The van der Waals surface area contributed by atoms with E-state index in [1.54, 1.807) is 13.0 Å². The van der Waals surface area contributed by atoms with E-state index in [1.165, 1.54) is 17.1 Å². The molecule has 1 aliphatic rings. The van der Waals surface area contributed by atoms with Crippen molar-refractivity contribution in [3.05, 3.63) is 42.5 Å². The molecule has 1 saturated heterocycles. The van der Waals surface area contributed by atoms with Gasteiger partial charge in [0.2, 0.25) is 0 Å². The predicted molar refractivity (Wildman–Crippen MR) is 93.0 cm³/mol. The second-order valence-electron chi connectivity index (χ2n) is 4.78. The summed E-state index contributed by atoms with van der Waals surface area (Å²) in [5.41, 5.74) is 2.10. The maximum atomic E-state index is 12.1. The Morgan fingerprint density at radius 1 is 1.52 bits per heavy atom. The average molecular weight is 323 g/mol. The molecular weight excluding hydrogens is 302 g/mol. The lowest BCUT2D eigenvalue weighted by Crippen LogP contribution is -2.28. The highest BCUT2D eigenvalue weighted by molar-refractivity contribution is 8.19. The van der Waals surface area contributed by atoms with E-state index in [9.17, 15) is 4.79 Å². The van der Waals surface area contributed by atoms with Crippen LogP contribution in [0.1, 0.15) is 23.5 Å². The zero-order valence-electron chi connectivity index (χ0n) is 12.2. The summed E-state index contributed by atoms with van der Waals surface area (Å²) in [4.78, 5) is 12.1. The number of ether oxygens (including phenoxy) is 1. The molecule has 0 aliphatic carbocycles. The van der Waals surface area contributed by atoms with Gasteiger partial charge in [0.15, 0.2) is 0 Å². The zero-order chi connectivity index (χ0) is 15.1. The van der Waals surface area contributed by atoms with Crippen LogP contribution < -0.4 is 5.32 Å². The Kier molecular flexibility index (Phi) is 6.67. The minimum Gasteiger partial charge on any atom is -0.368 e. The lowest BCUT2D eigenvalue weighted by Gasteiger charge is -2.14. The molecule has 3 nitrogen and oxygen atoms in total. The molecule has 0 spiro atoms. The lowest BCUT2D eigenvalue weighted by molar-refractivity contribution is -0.126. The molecule has 0 bridgehead atoms. The summed E-state index contributed by atoms with van der Waals surface area (Å²) < 4.78 is 5.94. The van der Waals surface area contributed by atoms with E-state index < -0.39 is 6.10 Å². The molecule has 0 saturated carbocycles. The molecule has 1 atom stereocenters. The monoisotopic (exact) mass is 323 g/mol. The van der Waals surface area contributed by atoms with Gasteiger partial charge in [-0.1, -0.05) is 18.2 Å². The third kappa shape index (κ3) is 5.09. The average Bonchev–Trinajstić information content (AvgIpc) is 3.02. The van der Waals surface area contributed by atoms with Crippen LogP contribution in [0, 0.1) is 0 Å². The Labute approximate surface area is 134 Å². The second kappa shape index (κ2) is 8.51. The molecule has 1 unspecified atom stereocenters. The van der Waals surface area contributed by atoms with Crippen LogP contribution in [0.25, 0.3) is 0 Å². The summed E-state index contributed by atoms with van der Waals surface area (Å²) in [5.74, 6) is 2.28. The molecule has 5 heteroatoms. The highest BCUT2D eigenvalue weighted by Crippen LogP contribution is 2.45. The molecule has 21 heavy (non-hydrogen) atoms. The summed E-state index contributed by atoms with van der Waals surface area (Å²) >= 11 is 3.92. The topological polar surface area (TPSA) is 38.3 Å². The fourth-order valence-electron chi connectivity index (χ4n) is 1.96.